The van der Waals surface area contributed by atoms with Gasteiger partial charge < -0.3 is 15.0 Å². The normalized spacial score (nSPS) is 18.9. The van der Waals surface area contributed by atoms with Gasteiger partial charge in [-0.05, 0) is 30.0 Å². The van der Waals surface area contributed by atoms with Gasteiger partial charge in [-0.3, -0.25) is 9.59 Å². The monoisotopic (exact) mass is 290 g/mol. The minimum Gasteiger partial charge on any atom is -0.497 e. The van der Waals surface area contributed by atoms with Crippen LogP contribution < -0.4 is 10.1 Å². The van der Waals surface area contributed by atoms with Crippen LogP contribution in [0.15, 0.2) is 24.3 Å². The summed E-state index contributed by atoms with van der Waals surface area (Å²) in [5.74, 6) is 0.846. The third-order valence-corrected chi connectivity index (χ3v) is 3.72. The van der Waals surface area contributed by atoms with Crippen molar-refractivity contribution >= 4 is 11.8 Å². The summed E-state index contributed by atoms with van der Waals surface area (Å²) in [6.45, 7) is 4.59. The number of amides is 2. The molecule has 1 aliphatic rings. The standard InChI is InChI=1S/C16H22N2O3/c1-11(2)15-16(20)18(10-14(19)17-15)9-8-12-4-6-13(21-3)7-5-12/h4-7,11,15H,8-10H2,1-3H3,(H,17,19). The summed E-state index contributed by atoms with van der Waals surface area (Å²) in [6.07, 6.45) is 0.730. The summed E-state index contributed by atoms with van der Waals surface area (Å²) in [5.41, 5.74) is 1.12. The van der Waals surface area contributed by atoms with E-state index in [-0.39, 0.29) is 24.3 Å². The third kappa shape index (κ3) is 3.74. The van der Waals surface area contributed by atoms with Crippen LogP contribution in [0.1, 0.15) is 19.4 Å². The molecule has 1 aromatic rings. The summed E-state index contributed by atoms with van der Waals surface area (Å²) in [7, 11) is 1.63. The van der Waals surface area contributed by atoms with Gasteiger partial charge in [0, 0.05) is 6.54 Å². The van der Waals surface area contributed by atoms with Crippen molar-refractivity contribution in [3.8, 4) is 5.75 Å². The van der Waals surface area contributed by atoms with Gasteiger partial charge in [-0.25, -0.2) is 0 Å². The largest absolute Gasteiger partial charge is 0.497 e. The number of rotatable bonds is 5. The van der Waals surface area contributed by atoms with Gasteiger partial charge in [-0.1, -0.05) is 26.0 Å². The average molecular weight is 290 g/mol. The Morgan fingerprint density at radius 2 is 1.95 bits per heavy atom. The molecule has 2 amide bonds. The molecular formula is C16H22N2O3. The first-order valence-corrected chi connectivity index (χ1v) is 7.22. The number of nitrogens with zero attached hydrogens (tertiary/aromatic N) is 1. The molecule has 1 saturated heterocycles. The first kappa shape index (κ1) is 15.4. The summed E-state index contributed by atoms with van der Waals surface area (Å²) >= 11 is 0. The first-order valence-electron chi connectivity index (χ1n) is 7.22. The number of carbonyl (C=O) groups excluding carboxylic acids is 2. The van der Waals surface area contributed by atoms with Crippen LogP contribution in [-0.2, 0) is 16.0 Å². The molecule has 5 heteroatoms. The van der Waals surface area contributed by atoms with Crippen LogP contribution in [0.4, 0.5) is 0 Å². The average Bonchev–Trinajstić information content (AvgIpc) is 2.48. The highest BCUT2D eigenvalue weighted by molar-refractivity contribution is 5.94. The number of methoxy groups -OCH3 is 1. The van der Waals surface area contributed by atoms with Crippen LogP contribution in [0.2, 0.25) is 0 Å². The molecule has 0 aromatic heterocycles. The number of carbonyl (C=O) groups is 2. The Balaban J connectivity index is 1.97. The topological polar surface area (TPSA) is 58.6 Å². The number of benzene rings is 1. The van der Waals surface area contributed by atoms with Gasteiger partial charge in [-0.2, -0.15) is 0 Å². The maximum Gasteiger partial charge on any atom is 0.245 e. The maximum absolute atomic E-state index is 12.3. The van der Waals surface area contributed by atoms with Gasteiger partial charge >= 0.3 is 0 Å². The van der Waals surface area contributed by atoms with E-state index in [9.17, 15) is 9.59 Å². The fourth-order valence-corrected chi connectivity index (χ4v) is 2.43. The zero-order chi connectivity index (χ0) is 15.4. The molecule has 1 heterocycles. The summed E-state index contributed by atoms with van der Waals surface area (Å²) in [4.78, 5) is 25.7. The van der Waals surface area contributed by atoms with Crippen molar-refractivity contribution in [2.24, 2.45) is 5.92 Å². The molecule has 1 unspecified atom stereocenters. The van der Waals surface area contributed by atoms with E-state index in [1.54, 1.807) is 12.0 Å². The van der Waals surface area contributed by atoms with Gasteiger partial charge in [0.2, 0.25) is 11.8 Å². The molecule has 2 rings (SSSR count). The van der Waals surface area contributed by atoms with Crippen LogP contribution >= 0.6 is 0 Å². The van der Waals surface area contributed by atoms with Crippen LogP contribution in [0.5, 0.6) is 5.75 Å². The first-order chi connectivity index (χ1) is 10.0. The number of ether oxygens (including phenoxy) is 1. The van der Waals surface area contributed by atoms with Crippen molar-refractivity contribution in [3.63, 3.8) is 0 Å². The molecule has 5 nitrogen and oxygen atoms in total. The Morgan fingerprint density at radius 1 is 1.29 bits per heavy atom. The lowest BCUT2D eigenvalue weighted by atomic mass is 10.0. The molecule has 114 valence electrons. The second-order valence-corrected chi connectivity index (χ2v) is 5.65. The third-order valence-electron chi connectivity index (χ3n) is 3.72. The van der Waals surface area contributed by atoms with Crippen molar-refractivity contribution in [2.45, 2.75) is 26.3 Å². The van der Waals surface area contributed by atoms with Crippen molar-refractivity contribution in [1.29, 1.82) is 0 Å². The minimum atomic E-state index is -0.401. The van der Waals surface area contributed by atoms with Gasteiger partial charge in [0.25, 0.3) is 0 Å². The Labute approximate surface area is 125 Å². The number of nitrogens with one attached hydrogen (secondary N) is 1. The van der Waals surface area contributed by atoms with E-state index in [0.717, 1.165) is 17.7 Å². The highest BCUT2D eigenvalue weighted by Gasteiger charge is 2.33. The Kier molecular flexibility index (Phi) is 4.83. The highest BCUT2D eigenvalue weighted by atomic mass is 16.5. The van der Waals surface area contributed by atoms with Gasteiger partial charge in [-0.15, -0.1) is 0 Å². The summed E-state index contributed by atoms with van der Waals surface area (Å²) < 4.78 is 5.12. The predicted octanol–water partition coefficient (Wildman–Crippen LogP) is 1.22. The Morgan fingerprint density at radius 3 is 2.52 bits per heavy atom. The van der Waals surface area contributed by atoms with Crippen LogP contribution in [0.25, 0.3) is 0 Å². The van der Waals surface area contributed by atoms with Gasteiger partial charge in [0.15, 0.2) is 0 Å². The molecule has 0 saturated carbocycles. The Hall–Kier alpha value is -2.04. The second-order valence-electron chi connectivity index (χ2n) is 5.65. The van der Waals surface area contributed by atoms with E-state index in [2.05, 4.69) is 5.32 Å². The summed E-state index contributed by atoms with van der Waals surface area (Å²) in [6, 6.07) is 7.36. The van der Waals surface area contributed by atoms with Crippen molar-refractivity contribution < 1.29 is 14.3 Å². The zero-order valence-corrected chi connectivity index (χ0v) is 12.8. The van der Waals surface area contributed by atoms with E-state index >= 15 is 0 Å². The molecular weight excluding hydrogens is 268 g/mol. The predicted molar refractivity (Wildman–Crippen MR) is 80.0 cm³/mol. The molecule has 21 heavy (non-hydrogen) atoms. The zero-order valence-electron chi connectivity index (χ0n) is 12.8. The molecule has 0 radical (unpaired) electrons. The number of piperazine rings is 1. The van der Waals surface area contributed by atoms with E-state index in [0.29, 0.717) is 6.54 Å². The molecule has 1 atom stereocenters. The van der Waals surface area contributed by atoms with Crippen LogP contribution in [0.3, 0.4) is 0 Å². The van der Waals surface area contributed by atoms with E-state index < -0.39 is 6.04 Å². The lowest BCUT2D eigenvalue weighted by Crippen LogP contribution is -2.60. The van der Waals surface area contributed by atoms with Gasteiger partial charge in [0.1, 0.15) is 11.8 Å². The molecule has 0 aliphatic carbocycles. The Bertz CT molecular complexity index is 511. The highest BCUT2D eigenvalue weighted by Crippen LogP contribution is 2.14. The number of hydrogen-bond acceptors (Lipinski definition) is 3. The second kappa shape index (κ2) is 6.61. The van der Waals surface area contributed by atoms with E-state index in [1.165, 1.54) is 0 Å². The van der Waals surface area contributed by atoms with E-state index in [1.807, 2.05) is 38.1 Å². The molecule has 0 spiro atoms. The lowest BCUT2D eigenvalue weighted by Gasteiger charge is -2.34. The molecule has 1 fully saturated rings. The van der Waals surface area contributed by atoms with E-state index in [4.69, 9.17) is 4.74 Å². The van der Waals surface area contributed by atoms with Crippen LogP contribution in [0, 0.1) is 5.92 Å². The fraction of sp³-hybridized carbons (Fsp3) is 0.500. The van der Waals surface area contributed by atoms with Crippen molar-refractivity contribution in [3.05, 3.63) is 29.8 Å². The molecule has 0 bridgehead atoms. The van der Waals surface area contributed by atoms with Gasteiger partial charge in [0.05, 0.1) is 13.7 Å². The number of hydrogen-bond donors (Lipinski definition) is 1. The smallest absolute Gasteiger partial charge is 0.245 e. The minimum absolute atomic E-state index is 0.0121. The molecule has 1 aliphatic heterocycles. The van der Waals surface area contributed by atoms with Crippen molar-refractivity contribution in [1.82, 2.24) is 10.2 Å². The SMILES string of the molecule is COc1ccc(CCN2CC(=O)NC(C(C)C)C2=O)cc1. The molecule has 1 aromatic carbocycles. The fourth-order valence-electron chi connectivity index (χ4n) is 2.43. The van der Waals surface area contributed by atoms with Crippen LogP contribution in [-0.4, -0.2) is 43.0 Å². The maximum atomic E-state index is 12.3. The molecule has 1 N–H and O–H groups in total. The summed E-state index contributed by atoms with van der Waals surface area (Å²) in [5, 5.41) is 2.76. The van der Waals surface area contributed by atoms with Crippen molar-refractivity contribution in [2.75, 3.05) is 20.2 Å². The lowest BCUT2D eigenvalue weighted by molar-refractivity contribution is -0.145. The quantitative estimate of drug-likeness (QED) is 0.887.